The molecule has 0 saturated heterocycles. The third-order valence-electron chi connectivity index (χ3n) is 3.29. The molecule has 1 heterocycles. The van der Waals surface area contributed by atoms with Crippen LogP contribution in [0.1, 0.15) is 31.3 Å². The maximum absolute atomic E-state index is 10.7. The molecule has 0 aliphatic carbocycles. The number of nitrogens with zero attached hydrogens (tertiary/aromatic N) is 2. The van der Waals surface area contributed by atoms with Gasteiger partial charge in [-0.05, 0) is 24.1 Å². The highest BCUT2D eigenvalue weighted by Crippen LogP contribution is 2.35. The summed E-state index contributed by atoms with van der Waals surface area (Å²) >= 11 is 7.69. The number of imidazole rings is 1. The van der Waals surface area contributed by atoms with Crippen molar-refractivity contribution >= 4 is 29.5 Å². The Morgan fingerprint density at radius 2 is 2.22 bits per heavy atom. The fraction of sp³-hybridized carbons (Fsp3) is 0.375. The van der Waals surface area contributed by atoms with E-state index in [0.29, 0.717) is 11.4 Å². The SMILES string of the molecule is CC(C)c1nc(CCOC(N)=O)n(C)c1Sc1cccc(Cl)c1. The van der Waals surface area contributed by atoms with Crippen molar-refractivity contribution in [2.24, 2.45) is 12.8 Å². The summed E-state index contributed by atoms with van der Waals surface area (Å²) in [6, 6.07) is 7.73. The van der Waals surface area contributed by atoms with Gasteiger partial charge in [-0.1, -0.05) is 43.3 Å². The Kier molecular flexibility index (Phi) is 5.96. The molecule has 0 aliphatic rings. The second-order valence-corrected chi connectivity index (χ2v) is 6.91. The van der Waals surface area contributed by atoms with Crippen molar-refractivity contribution in [3.8, 4) is 0 Å². The molecule has 0 unspecified atom stereocenters. The van der Waals surface area contributed by atoms with E-state index >= 15 is 0 Å². The van der Waals surface area contributed by atoms with E-state index in [1.807, 2.05) is 35.9 Å². The lowest BCUT2D eigenvalue weighted by atomic mass is 10.1. The van der Waals surface area contributed by atoms with E-state index in [0.717, 1.165) is 21.4 Å². The van der Waals surface area contributed by atoms with Gasteiger partial charge in [0.05, 0.1) is 5.69 Å². The van der Waals surface area contributed by atoms with Crippen LogP contribution in [0.25, 0.3) is 0 Å². The van der Waals surface area contributed by atoms with E-state index in [1.54, 1.807) is 11.8 Å². The average Bonchev–Trinajstić information content (AvgIpc) is 2.76. The van der Waals surface area contributed by atoms with Gasteiger partial charge in [0.2, 0.25) is 0 Å². The number of carbonyl (C=O) groups excluding carboxylic acids is 1. The molecular formula is C16H20ClN3O2S. The van der Waals surface area contributed by atoms with Gasteiger partial charge in [0.1, 0.15) is 17.5 Å². The summed E-state index contributed by atoms with van der Waals surface area (Å²) in [5.74, 6) is 1.15. The van der Waals surface area contributed by atoms with Crippen LogP contribution in [-0.4, -0.2) is 22.3 Å². The fourth-order valence-corrected chi connectivity index (χ4v) is 3.60. The van der Waals surface area contributed by atoms with Gasteiger partial charge in [0.15, 0.2) is 0 Å². The maximum atomic E-state index is 10.7. The van der Waals surface area contributed by atoms with Crippen molar-refractivity contribution in [2.75, 3.05) is 6.61 Å². The number of halogens is 1. The topological polar surface area (TPSA) is 70.1 Å². The van der Waals surface area contributed by atoms with Crippen molar-refractivity contribution in [1.82, 2.24) is 9.55 Å². The Morgan fingerprint density at radius 1 is 1.48 bits per heavy atom. The first-order chi connectivity index (χ1) is 10.9. The van der Waals surface area contributed by atoms with Crippen molar-refractivity contribution in [3.63, 3.8) is 0 Å². The molecule has 124 valence electrons. The molecule has 2 aromatic rings. The Bertz CT molecular complexity index is 701. The zero-order valence-electron chi connectivity index (χ0n) is 13.4. The molecule has 7 heteroatoms. The molecule has 1 amide bonds. The van der Waals surface area contributed by atoms with E-state index in [4.69, 9.17) is 27.1 Å². The van der Waals surface area contributed by atoms with Crippen molar-refractivity contribution in [2.45, 2.75) is 36.1 Å². The van der Waals surface area contributed by atoms with Crippen LogP contribution in [0.5, 0.6) is 0 Å². The van der Waals surface area contributed by atoms with Crippen LogP contribution < -0.4 is 5.73 Å². The molecule has 0 aliphatic heterocycles. The fourth-order valence-electron chi connectivity index (χ4n) is 2.16. The Morgan fingerprint density at radius 3 is 2.83 bits per heavy atom. The van der Waals surface area contributed by atoms with Crippen LogP contribution >= 0.6 is 23.4 Å². The van der Waals surface area contributed by atoms with Gasteiger partial charge in [0.25, 0.3) is 0 Å². The molecule has 5 nitrogen and oxygen atoms in total. The van der Waals surface area contributed by atoms with Crippen LogP contribution in [0.2, 0.25) is 5.02 Å². The summed E-state index contributed by atoms with van der Waals surface area (Å²) in [5, 5.41) is 1.77. The number of rotatable bonds is 6. The molecule has 2 N–H and O–H groups in total. The van der Waals surface area contributed by atoms with Crippen LogP contribution in [0, 0.1) is 0 Å². The molecule has 0 bridgehead atoms. The normalized spacial score (nSPS) is 11.0. The van der Waals surface area contributed by atoms with Gasteiger partial charge in [-0.15, -0.1) is 0 Å². The smallest absolute Gasteiger partial charge is 0.404 e. The first-order valence-electron chi connectivity index (χ1n) is 7.29. The molecule has 2 rings (SSSR count). The number of primary amides is 1. The van der Waals surface area contributed by atoms with Gasteiger partial charge in [0, 0.05) is 23.4 Å². The van der Waals surface area contributed by atoms with Crippen LogP contribution in [0.3, 0.4) is 0 Å². The van der Waals surface area contributed by atoms with E-state index < -0.39 is 6.09 Å². The van der Waals surface area contributed by atoms with Crippen molar-refractivity contribution in [1.29, 1.82) is 0 Å². The minimum atomic E-state index is -0.767. The van der Waals surface area contributed by atoms with Gasteiger partial charge >= 0.3 is 6.09 Å². The molecule has 23 heavy (non-hydrogen) atoms. The van der Waals surface area contributed by atoms with Gasteiger partial charge in [-0.3, -0.25) is 0 Å². The lowest BCUT2D eigenvalue weighted by Crippen LogP contribution is -2.15. The summed E-state index contributed by atoms with van der Waals surface area (Å²) in [6.07, 6.45) is -0.244. The van der Waals surface area contributed by atoms with Crippen LogP contribution in [0.4, 0.5) is 4.79 Å². The minimum Gasteiger partial charge on any atom is -0.449 e. The van der Waals surface area contributed by atoms with Gasteiger partial charge in [-0.2, -0.15) is 0 Å². The predicted octanol–water partition coefficient (Wildman–Crippen LogP) is 3.99. The summed E-state index contributed by atoms with van der Waals surface area (Å²) in [7, 11) is 1.96. The predicted molar refractivity (Wildman–Crippen MR) is 92.1 cm³/mol. The third kappa shape index (κ3) is 4.65. The first-order valence-corrected chi connectivity index (χ1v) is 8.49. The molecule has 0 radical (unpaired) electrons. The number of amides is 1. The molecular weight excluding hydrogens is 334 g/mol. The minimum absolute atomic E-state index is 0.221. The maximum Gasteiger partial charge on any atom is 0.404 e. The Balaban J connectivity index is 2.26. The number of hydrogen-bond acceptors (Lipinski definition) is 4. The molecule has 0 saturated carbocycles. The summed E-state index contributed by atoms with van der Waals surface area (Å²) < 4.78 is 6.84. The standard InChI is InChI=1S/C16H20ClN3O2S/c1-10(2)14-15(23-12-6-4-5-11(17)9-12)20(3)13(19-14)7-8-22-16(18)21/h4-6,9-10H,7-8H2,1-3H3,(H2,18,21). The number of aromatic nitrogens is 2. The quantitative estimate of drug-likeness (QED) is 0.852. The highest BCUT2D eigenvalue weighted by molar-refractivity contribution is 7.99. The van der Waals surface area contributed by atoms with E-state index in [2.05, 4.69) is 13.8 Å². The Hall–Kier alpha value is -1.66. The van der Waals surface area contributed by atoms with Crippen LogP contribution in [0.15, 0.2) is 34.2 Å². The highest BCUT2D eigenvalue weighted by atomic mass is 35.5. The van der Waals surface area contributed by atoms with Crippen LogP contribution in [-0.2, 0) is 18.2 Å². The van der Waals surface area contributed by atoms with E-state index in [9.17, 15) is 4.79 Å². The molecule has 0 atom stereocenters. The van der Waals surface area contributed by atoms with Crippen molar-refractivity contribution in [3.05, 3.63) is 40.8 Å². The molecule has 1 aromatic heterocycles. The van der Waals surface area contributed by atoms with Crippen molar-refractivity contribution < 1.29 is 9.53 Å². The number of ether oxygens (including phenoxy) is 1. The largest absolute Gasteiger partial charge is 0.449 e. The highest BCUT2D eigenvalue weighted by Gasteiger charge is 2.18. The Labute approximate surface area is 145 Å². The lowest BCUT2D eigenvalue weighted by molar-refractivity contribution is 0.157. The average molecular weight is 354 g/mol. The van der Waals surface area contributed by atoms with Gasteiger partial charge < -0.3 is 15.0 Å². The monoisotopic (exact) mass is 353 g/mol. The summed E-state index contributed by atoms with van der Waals surface area (Å²) in [5.41, 5.74) is 6.01. The number of nitrogens with two attached hydrogens (primary N) is 1. The molecule has 0 fully saturated rings. The zero-order chi connectivity index (χ0) is 17.0. The third-order valence-corrected chi connectivity index (χ3v) is 4.69. The van der Waals surface area contributed by atoms with E-state index in [-0.39, 0.29) is 12.5 Å². The van der Waals surface area contributed by atoms with E-state index in [1.165, 1.54) is 0 Å². The second kappa shape index (κ2) is 7.75. The second-order valence-electron chi connectivity index (χ2n) is 5.41. The zero-order valence-corrected chi connectivity index (χ0v) is 14.9. The summed E-state index contributed by atoms with van der Waals surface area (Å²) in [6.45, 7) is 4.43. The number of carbonyl (C=O) groups is 1. The van der Waals surface area contributed by atoms with Gasteiger partial charge in [-0.25, -0.2) is 9.78 Å². The summed E-state index contributed by atoms with van der Waals surface area (Å²) in [4.78, 5) is 16.4. The molecule has 0 spiro atoms. The number of benzene rings is 1. The molecule has 1 aromatic carbocycles. The first kappa shape index (κ1) is 17.7. The lowest BCUT2D eigenvalue weighted by Gasteiger charge is -2.09. The number of hydrogen-bond donors (Lipinski definition) is 1.